The van der Waals surface area contributed by atoms with Crippen LogP contribution < -0.4 is 5.73 Å². The lowest BCUT2D eigenvalue weighted by molar-refractivity contribution is 0.0556. The van der Waals surface area contributed by atoms with Gasteiger partial charge in [-0.2, -0.15) is 0 Å². The van der Waals surface area contributed by atoms with Crippen LogP contribution in [0.1, 0.15) is 37.5 Å². The number of ether oxygens (including phenoxy) is 1. The van der Waals surface area contributed by atoms with Crippen LogP contribution in [-0.2, 0) is 11.2 Å². The van der Waals surface area contributed by atoms with Crippen molar-refractivity contribution in [2.24, 2.45) is 5.73 Å². The SMILES string of the molecule is CCc1ccc(C(CC)OCCN)cc1. The Bertz CT molecular complexity index is 268. The molecule has 0 spiro atoms. The Labute approximate surface area is 92.4 Å². The van der Waals surface area contributed by atoms with Gasteiger partial charge in [-0.3, -0.25) is 0 Å². The van der Waals surface area contributed by atoms with Crippen LogP contribution >= 0.6 is 0 Å². The molecule has 0 bridgehead atoms. The molecule has 1 aromatic rings. The molecular weight excluding hydrogens is 186 g/mol. The second-order valence-corrected chi connectivity index (χ2v) is 3.65. The van der Waals surface area contributed by atoms with Gasteiger partial charge in [0.15, 0.2) is 0 Å². The molecular formula is C13H21NO. The summed E-state index contributed by atoms with van der Waals surface area (Å²) in [4.78, 5) is 0. The fourth-order valence-electron chi connectivity index (χ4n) is 1.63. The summed E-state index contributed by atoms with van der Waals surface area (Å²) < 4.78 is 5.67. The van der Waals surface area contributed by atoms with Crippen molar-refractivity contribution in [3.05, 3.63) is 35.4 Å². The summed E-state index contributed by atoms with van der Waals surface area (Å²) in [5, 5.41) is 0. The zero-order valence-corrected chi connectivity index (χ0v) is 9.70. The van der Waals surface area contributed by atoms with E-state index in [-0.39, 0.29) is 6.10 Å². The van der Waals surface area contributed by atoms with Gasteiger partial charge in [-0.25, -0.2) is 0 Å². The normalized spacial score (nSPS) is 12.7. The van der Waals surface area contributed by atoms with Crippen LogP contribution in [0.3, 0.4) is 0 Å². The van der Waals surface area contributed by atoms with Gasteiger partial charge in [0, 0.05) is 6.54 Å². The third-order valence-corrected chi connectivity index (χ3v) is 2.57. The molecule has 1 aromatic carbocycles. The molecule has 0 aliphatic heterocycles. The Morgan fingerprint density at radius 1 is 1.20 bits per heavy atom. The highest BCUT2D eigenvalue weighted by Gasteiger charge is 2.08. The average molecular weight is 207 g/mol. The highest BCUT2D eigenvalue weighted by Crippen LogP contribution is 2.21. The predicted molar refractivity (Wildman–Crippen MR) is 63.9 cm³/mol. The molecule has 0 saturated carbocycles. The quantitative estimate of drug-likeness (QED) is 0.778. The third-order valence-electron chi connectivity index (χ3n) is 2.57. The zero-order valence-electron chi connectivity index (χ0n) is 9.70. The minimum atomic E-state index is 0.194. The van der Waals surface area contributed by atoms with Crippen LogP contribution in [0.5, 0.6) is 0 Å². The maximum atomic E-state index is 5.67. The minimum absolute atomic E-state index is 0.194. The van der Waals surface area contributed by atoms with E-state index in [2.05, 4.69) is 38.1 Å². The first-order valence-electron chi connectivity index (χ1n) is 5.72. The summed E-state index contributed by atoms with van der Waals surface area (Å²) in [6.07, 6.45) is 2.27. The molecule has 2 nitrogen and oxygen atoms in total. The van der Waals surface area contributed by atoms with E-state index >= 15 is 0 Å². The van der Waals surface area contributed by atoms with Gasteiger partial charge in [0.05, 0.1) is 12.7 Å². The van der Waals surface area contributed by atoms with E-state index < -0.39 is 0 Å². The monoisotopic (exact) mass is 207 g/mol. The highest BCUT2D eigenvalue weighted by molar-refractivity contribution is 5.24. The zero-order chi connectivity index (χ0) is 11.1. The topological polar surface area (TPSA) is 35.2 Å². The highest BCUT2D eigenvalue weighted by atomic mass is 16.5. The molecule has 1 unspecified atom stereocenters. The molecule has 1 atom stereocenters. The van der Waals surface area contributed by atoms with Crippen molar-refractivity contribution in [1.29, 1.82) is 0 Å². The van der Waals surface area contributed by atoms with Crippen molar-refractivity contribution >= 4 is 0 Å². The fourth-order valence-corrected chi connectivity index (χ4v) is 1.63. The van der Waals surface area contributed by atoms with Crippen LogP contribution in [0.15, 0.2) is 24.3 Å². The third kappa shape index (κ3) is 3.65. The summed E-state index contributed by atoms with van der Waals surface area (Å²) in [7, 11) is 0. The van der Waals surface area contributed by atoms with Crippen LogP contribution in [0, 0.1) is 0 Å². The molecule has 84 valence electrons. The Kier molecular flexibility index (Phi) is 5.37. The van der Waals surface area contributed by atoms with Crippen molar-refractivity contribution in [2.75, 3.05) is 13.2 Å². The van der Waals surface area contributed by atoms with Crippen LogP contribution in [0.4, 0.5) is 0 Å². The largest absolute Gasteiger partial charge is 0.372 e. The van der Waals surface area contributed by atoms with Gasteiger partial charge in [-0.05, 0) is 24.0 Å². The molecule has 2 N–H and O–H groups in total. The molecule has 1 rings (SSSR count). The first kappa shape index (κ1) is 12.2. The number of rotatable bonds is 6. The van der Waals surface area contributed by atoms with Crippen LogP contribution in [0.25, 0.3) is 0 Å². The van der Waals surface area contributed by atoms with Crippen molar-refractivity contribution in [1.82, 2.24) is 0 Å². The molecule has 0 aliphatic rings. The molecule has 15 heavy (non-hydrogen) atoms. The number of nitrogens with two attached hydrogens (primary N) is 1. The van der Waals surface area contributed by atoms with Crippen LogP contribution in [-0.4, -0.2) is 13.2 Å². The van der Waals surface area contributed by atoms with Gasteiger partial charge in [-0.1, -0.05) is 38.1 Å². The van der Waals surface area contributed by atoms with Crippen molar-refractivity contribution in [3.63, 3.8) is 0 Å². The van der Waals surface area contributed by atoms with Crippen molar-refractivity contribution in [2.45, 2.75) is 32.8 Å². The molecule has 0 amide bonds. The molecule has 0 heterocycles. The Hall–Kier alpha value is -0.860. The lowest BCUT2D eigenvalue weighted by Gasteiger charge is -2.16. The van der Waals surface area contributed by atoms with Gasteiger partial charge in [0.1, 0.15) is 0 Å². The number of benzene rings is 1. The summed E-state index contributed by atoms with van der Waals surface area (Å²) in [5.74, 6) is 0. The van der Waals surface area contributed by atoms with E-state index in [1.165, 1.54) is 11.1 Å². The van der Waals surface area contributed by atoms with E-state index in [0.29, 0.717) is 13.2 Å². The average Bonchev–Trinajstić information content (AvgIpc) is 2.31. The molecule has 0 saturated heterocycles. The molecule has 0 fully saturated rings. The Balaban J connectivity index is 2.65. The van der Waals surface area contributed by atoms with Gasteiger partial charge < -0.3 is 10.5 Å². The second-order valence-electron chi connectivity index (χ2n) is 3.65. The van der Waals surface area contributed by atoms with E-state index in [4.69, 9.17) is 10.5 Å². The van der Waals surface area contributed by atoms with Gasteiger partial charge in [-0.15, -0.1) is 0 Å². The second kappa shape index (κ2) is 6.59. The maximum Gasteiger partial charge on any atom is 0.0822 e. The van der Waals surface area contributed by atoms with E-state index in [1.807, 2.05) is 0 Å². The fraction of sp³-hybridized carbons (Fsp3) is 0.538. The number of hydrogen-bond acceptors (Lipinski definition) is 2. The summed E-state index contributed by atoms with van der Waals surface area (Å²) in [6.45, 7) is 5.52. The van der Waals surface area contributed by atoms with E-state index in [1.54, 1.807) is 0 Å². The summed E-state index contributed by atoms with van der Waals surface area (Å²) in [5.41, 5.74) is 8.05. The lowest BCUT2D eigenvalue weighted by Crippen LogP contribution is -2.12. The first-order valence-corrected chi connectivity index (χ1v) is 5.72. The van der Waals surface area contributed by atoms with E-state index in [9.17, 15) is 0 Å². The standard InChI is InChI=1S/C13H21NO/c1-3-11-5-7-12(8-6-11)13(4-2)15-10-9-14/h5-8,13H,3-4,9-10,14H2,1-2H3. The molecule has 0 radical (unpaired) electrons. The molecule has 2 heteroatoms. The van der Waals surface area contributed by atoms with Gasteiger partial charge in [0.2, 0.25) is 0 Å². The first-order chi connectivity index (χ1) is 7.31. The van der Waals surface area contributed by atoms with Crippen molar-refractivity contribution in [3.8, 4) is 0 Å². The van der Waals surface area contributed by atoms with Crippen molar-refractivity contribution < 1.29 is 4.74 Å². The molecule has 0 aromatic heterocycles. The predicted octanol–water partition coefficient (Wildman–Crippen LogP) is 2.68. The minimum Gasteiger partial charge on any atom is -0.372 e. The van der Waals surface area contributed by atoms with E-state index in [0.717, 1.165) is 12.8 Å². The lowest BCUT2D eigenvalue weighted by atomic mass is 10.0. The Morgan fingerprint density at radius 3 is 2.33 bits per heavy atom. The number of aryl methyl sites for hydroxylation is 1. The van der Waals surface area contributed by atoms with Crippen LogP contribution in [0.2, 0.25) is 0 Å². The smallest absolute Gasteiger partial charge is 0.0822 e. The molecule has 0 aliphatic carbocycles. The maximum absolute atomic E-state index is 5.67. The van der Waals surface area contributed by atoms with Gasteiger partial charge in [0.25, 0.3) is 0 Å². The number of hydrogen-bond donors (Lipinski definition) is 1. The summed E-state index contributed by atoms with van der Waals surface area (Å²) >= 11 is 0. The summed E-state index contributed by atoms with van der Waals surface area (Å²) in [6, 6.07) is 8.65. The Morgan fingerprint density at radius 2 is 1.87 bits per heavy atom. The van der Waals surface area contributed by atoms with Gasteiger partial charge >= 0.3 is 0 Å².